The van der Waals surface area contributed by atoms with Gasteiger partial charge in [-0.15, -0.1) is 0 Å². The van der Waals surface area contributed by atoms with Gasteiger partial charge in [0.25, 0.3) is 0 Å². The van der Waals surface area contributed by atoms with Crippen molar-refractivity contribution in [2.24, 2.45) is 0 Å². The molecular formula is C17H21N3O2. The Bertz CT molecular complexity index is 624. The van der Waals surface area contributed by atoms with Gasteiger partial charge in [0.1, 0.15) is 6.04 Å². The molecule has 0 spiro atoms. The zero-order chi connectivity index (χ0) is 15.4. The summed E-state index contributed by atoms with van der Waals surface area (Å²) in [5, 5.41) is 4.08. The van der Waals surface area contributed by atoms with Crippen LogP contribution in [-0.4, -0.2) is 27.5 Å². The van der Waals surface area contributed by atoms with Crippen molar-refractivity contribution in [3.63, 3.8) is 0 Å². The van der Waals surface area contributed by atoms with Crippen LogP contribution < -0.4 is 0 Å². The van der Waals surface area contributed by atoms with Gasteiger partial charge in [-0.25, -0.2) is 0 Å². The molecule has 2 aromatic rings. The van der Waals surface area contributed by atoms with E-state index in [0.717, 1.165) is 37.8 Å². The fraction of sp³-hybridized carbons (Fsp3) is 0.471. The number of nitrogens with zero attached hydrogens (tertiary/aromatic N) is 3. The number of amides is 1. The number of carbonyl (C=O) groups excluding carboxylic acids is 1. The van der Waals surface area contributed by atoms with Gasteiger partial charge in [-0.2, -0.15) is 4.98 Å². The number of benzene rings is 1. The third kappa shape index (κ3) is 3.03. The Hall–Kier alpha value is -2.17. The van der Waals surface area contributed by atoms with Crippen LogP contribution in [0, 0.1) is 0 Å². The van der Waals surface area contributed by atoms with Gasteiger partial charge < -0.3 is 9.42 Å². The number of hydrogen-bond donors (Lipinski definition) is 0. The van der Waals surface area contributed by atoms with E-state index in [1.54, 1.807) is 0 Å². The van der Waals surface area contributed by atoms with Gasteiger partial charge in [-0.3, -0.25) is 4.79 Å². The number of piperidine rings is 1. The molecular weight excluding hydrogens is 278 g/mol. The second-order valence-corrected chi connectivity index (χ2v) is 5.67. The molecule has 2 heterocycles. The van der Waals surface area contributed by atoms with Crippen molar-refractivity contribution >= 4 is 5.91 Å². The smallest absolute Gasteiger partial charge is 0.249 e. The van der Waals surface area contributed by atoms with E-state index in [9.17, 15) is 4.79 Å². The third-order valence-electron chi connectivity index (χ3n) is 4.05. The third-order valence-corrected chi connectivity index (χ3v) is 4.05. The quantitative estimate of drug-likeness (QED) is 0.865. The fourth-order valence-electron chi connectivity index (χ4n) is 2.92. The Morgan fingerprint density at radius 1 is 1.32 bits per heavy atom. The molecule has 1 fully saturated rings. The van der Waals surface area contributed by atoms with Gasteiger partial charge in [0, 0.05) is 18.5 Å². The normalized spacial score (nSPS) is 18.4. The van der Waals surface area contributed by atoms with E-state index in [2.05, 4.69) is 10.1 Å². The van der Waals surface area contributed by atoms with Crippen molar-refractivity contribution in [1.29, 1.82) is 0 Å². The minimum Gasteiger partial charge on any atom is -0.337 e. The van der Waals surface area contributed by atoms with Gasteiger partial charge in [-0.1, -0.05) is 42.4 Å². The van der Waals surface area contributed by atoms with Crippen molar-refractivity contribution in [2.75, 3.05) is 6.54 Å². The number of hydrogen-bond acceptors (Lipinski definition) is 4. The monoisotopic (exact) mass is 299 g/mol. The summed E-state index contributed by atoms with van der Waals surface area (Å²) in [5.41, 5.74) is 0.930. The highest BCUT2D eigenvalue weighted by Crippen LogP contribution is 2.31. The molecule has 1 saturated heterocycles. The molecule has 0 saturated carbocycles. The molecule has 3 rings (SSSR count). The van der Waals surface area contributed by atoms with E-state index in [1.807, 2.05) is 42.2 Å². The van der Waals surface area contributed by atoms with Gasteiger partial charge >= 0.3 is 0 Å². The Labute approximate surface area is 130 Å². The van der Waals surface area contributed by atoms with Crippen LogP contribution in [-0.2, 0) is 4.79 Å². The number of rotatable bonds is 4. The first kappa shape index (κ1) is 14.8. The fourth-order valence-corrected chi connectivity index (χ4v) is 2.92. The summed E-state index contributed by atoms with van der Waals surface area (Å²) in [6.07, 6.45) is 4.47. The molecule has 0 N–H and O–H groups in total. The first-order valence-electron chi connectivity index (χ1n) is 7.98. The maximum absolute atomic E-state index is 12.3. The van der Waals surface area contributed by atoms with Crippen molar-refractivity contribution in [1.82, 2.24) is 15.0 Å². The molecule has 5 nitrogen and oxygen atoms in total. The van der Waals surface area contributed by atoms with Gasteiger partial charge in [0.2, 0.25) is 17.6 Å². The first-order chi connectivity index (χ1) is 10.8. The lowest BCUT2D eigenvalue weighted by Gasteiger charge is -2.33. The average molecular weight is 299 g/mol. The topological polar surface area (TPSA) is 59.2 Å². The highest BCUT2D eigenvalue weighted by molar-refractivity contribution is 5.76. The van der Waals surface area contributed by atoms with Crippen LogP contribution in [0.2, 0.25) is 0 Å². The summed E-state index contributed by atoms with van der Waals surface area (Å²) >= 11 is 0. The average Bonchev–Trinajstić information content (AvgIpc) is 3.06. The summed E-state index contributed by atoms with van der Waals surface area (Å²) in [5.74, 6) is 1.33. The molecule has 0 radical (unpaired) electrons. The molecule has 1 aromatic heterocycles. The number of likely N-dealkylation sites (tertiary alicyclic amines) is 1. The molecule has 0 bridgehead atoms. The summed E-state index contributed by atoms with van der Waals surface area (Å²) in [4.78, 5) is 18.7. The van der Waals surface area contributed by atoms with Gasteiger partial charge in [0.15, 0.2) is 0 Å². The molecule has 5 heteroatoms. The standard InChI is InChI=1S/C17H21N3O2/c1-2-8-15(21)20-12-7-6-11-14(20)17-18-16(19-22-17)13-9-4-3-5-10-13/h3-5,9-10,14H,2,6-8,11-12H2,1H3/t14-/m0/s1. The Morgan fingerprint density at radius 2 is 2.14 bits per heavy atom. The predicted octanol–water partition coefficient (Wildman–Crippen LogP) is 3.59. The van der Waals surface area contributed by atoms with Crippen LogP contribution in [0.1, 0.15) is 51.0 Å². The molecule has 0 aliphatic carbocycles. The summed E-state index contributed by atoms with van der Waals surface area (Å²) in [7, 11) is 0. The van der Waals surface area contributed by atoms with E-state index < -0.39 is 0 Å². The van der Waals surface area contributed by atoms with Crippen LogP contribution in [0.3, 0.4) is 0 Å². The van der Waals surface area contributed by atoms with Crippen molar-refractivity contribution in [2.45, 2.75) is 45.1 Å². The number of carbonyl (C=O) groups is 1. The summed E-state index contributed by atoms with van der Waals surface area (Å²) < 4.78 is 5.46. The van der Waals surface area contributed by atoms with Gasteiger partial charge in [-0.05, 0) is 25.7 Å². The maximum atomic E-state index is 12.3. The van der Waals surface area contributed by atoms with Crippen molar-refractivity contribution in [3.8, 4) is 11.4 Å². The predicted molar refractivity (Wildman–Crippen MR) is 82.9 cm³/mol. The maximum Gasteiger partial charge on any atom is 0.249 e. The lowest BCUT2D eigenvalue weighted by Crippen LogP contribution is -2.38. The lowest BCUT2D eigenvalue weighted by molar-refractivity contribution is -0.135. The minimum absolute atomic E-state index is 0.0715. The molecule has 1 aliphatic rings. The molecule has 1 atom stereocenters. The largest absolute Gasteiger partial charge is 0.337 e. The minimum atomic E-state index is -0.0715. The van der Waals surface area contributed by atoms with E-state index in [4.69, 9.17) is 4.52 Å². The van der Waals surface area contributed by atoms with Crippen LogP contribution >= 0.6 is 0 Å². The van der Waals surface area contributed by atoms with Crippen molar-refractivity contribution < 1.29 is 9.32 Å². The Kier molecular flexibility index (Phi) is 4.51. The first-order valence-corrected chi connectivity index (χ1v) is 7.98. The molecule has 116 valence electrons. The molecule has 0 unspecified atom stereocenters. The van der Waals surface area contributed by atoms with Crippen LogP contribution in [0.25, 0.3) is 11.4 Å². The Morgan fingerprint density at radius 3 is 2.91 bits per heavy atom. The summed E-state index contributed by atoms with van der Waals surface area (Å²) in [6.45, 7) is 2.81. The van der Waals surface area contributed by atoms with Crippen LogP contribution in [0.4, 0.5) is 0 Å². The lowest BCUT2D eigenvalue weighted by atomic mass is 10.0. The van der Waals surface area contributed by atoms with Gasteiger partial charge in [0.05, 0.1) is 0 Å². The molecule has 1 amide bonds. The zero-order valence-electron chi connectivity index (χ0n) is 12.9. The molecule has 1 aliphatic heterocycles. The van der Waals surface area contributed by atoms with Crippen LogP contribution in [0.15, 0.2) is 34.9 Å². The van der Waals surface area contributed by atoms with E-state index in [-0.39, 0.29) is 11.9 Å². The van der Waals surface area contributed by atoms with E-state index in [1.165, 1.54) is 0 Å². The highest BCUT2D eigenvalue weighted by Gasteiger charge is 2.31. The summed E-state index contributed by atoms with van der Waals surface area (Å²) in [6, 6.07) is 9.69. The zero-order valence-corrected chi connectivity index (χ0v) is 12.9. The highest BCUT2D eigenvalue weighted by atomic mass is 16.5. The Balaban J connectivity index is 1.82. The van der Waals surface area contributed by atoms with Crippen LogP contribution in [0.5, 0.6) is 0 Å². The molecule has 1 aromatic carbocycles. The second kappa shape index (κ2) is 6.73. The number of aromatic nitrogens is 2. The van der Waals surface area contributed by atoms with Crippen molar-refractivity contribution in [3.05, 3.63) is 36.2 Å². The second-order valence-electron chi connectivity index (χ2n) is 5.67. The molecule has 22 heavy (non-hydrogen) atoms. The van der Waals surface area contributed by atoms with E-state index in [0.29, 0.717) is 18.1 Å². The SMILES string of the molecule is CCCC(=O)N1CCCC[C@H]1c1nc(-c2ccccc2)no1. The van der Waals surface area contributed by atoms with E-state index >= 15 is 0 Å².